The summed E-state index contributed by atoms with van der Waals surface area (Å²) in [7, 11) is 0. The summed E-state index contributed by atoms with van der Waals surface area (Å²) in [5.74, 6) is 0.0235. The lowest BCUT2D eigenvalue weighted by molar-refractivity contribution is 0.00234. The summed E-state index contributed by atoms with van der Waals surface area (Å²) in [4.78, 5) is 3.79. The highest BCUT2D eigenvalue weighted by Crippen LogP contribution is 2.26. The molecule has 0 aromatic carbocycles. The van der Waals surface area contributed by atoms with Crippen molar-refractivity contribution in [1.82, 2.24) is 10.3 Å². The molecule has 1 aromatic rings. The number of aromatic nitrogens is 1. The van der Waals surface area contributed by atoms with Crippen LogP contribution in [-0.2, 0) is 4.74 Å². The topological polar surface area (TPSA) is 34.2 Å². The van der Waals surface area contributed by atoms with Gasteiger partial charge in [0, 0.05) is 18.4 Å². The Morgan fingerprint density at radius 3 is 2.61 bits per heavy atom. The summed E-state index contributed by atoms with van der Waals surface area (Å²) in [5, 5.41) is 3.31. The van der Waals surface area contributed by atoms with Gasteiger partial charge in [-0.05, 0) is 25.5 Å². The molecule has 0 aliphatic heterocycles. The van der Waals surface area contributed by atoms with Crippen molar-refractivity contribution >= 4 is 0 Å². The van der Waals surface area contributed by atoms with Crippen LogP contribution in [0.1, 0.15) is 39.3 Å². The predicted molar refractivity (Wildman–Crippen MR) is 70.9 cm³/mol. The first-order valence-electron chi connectivity index (χ1n) is 6.56. The average molecular weight is 254 g/mol. The molecule has 3 nitrogen and oxygen atoms in total. The minimum atomic E-state index is -0.284. The van der Waals surface area contributed by atoms with Gasteiger partial charge in [-0.3, -0.25) is 4.98 Å². The van der Waals surface area contributed by atoms with E-state index in [2.05, 4.69) is 24.1 Å². The third-order valence-electron chi connectivity index (χ3n) is 2.91. The highest BCUT2D eigenvalue weighted by molar-refractivity contribution is 5.19. The Kier molecular flexibility index (Phi) is 6.22. The Bertz CT molecular complexity index is 357. The molecule has 2 atom stereocenters. The summed E-state index contributed by atoms with van der Waals surface area (Å²) in [5.41, 5.74) is 0.624. The second-order valence-electron chi connectivity index (χ2n) is 4.60. The summed E-state index contributed by atoms with van der Waals surface area (Å²) < 4.78 is 19.6. The largest absolute Gasteiger partial charge is 0.376 e. The summed E-state index contributed by atoms with van der Waals surface area (Å²) in [6.45, 7) is 9.53. The van der Waals surface area contributed by atoms with Crippen LogP contribution < -0.4 is 5.32 Å². The van der Waals surface area contributed by atoms with Crippen LogP contribution >= 0.6 is 0 Å². The first-order chi connectivity index (χ1) is 8.61. The predicted octanol–water partition coefficient (Wildman–Crippen LogP) is 2.93. The first kappa shape index (κ1) is 15.1. The minimum absolute atomic E-state index is 0.0492. The highest BCUT2D eigenvalue weighted by atomic mass is 19.1. The van der Waals surface area contributed by atoms with Crippen molar-refractivity contribution < 1.29 is 9.13 Å². The van der Waals surface area contributed by atoms with Gasteiger partial charge in [-0.1, -0.05) is 20.8 Å². The Balaban J connectivity index is 3.03. The molecule has 1 rings (SSSR count). The number of nitrogens with zero attached hydrogens (tertiary/aromatic N) is 1. The number of nitrogens with one attached hydrogen (secondary N) is 1. The van der Waals surface area contributed by atoms with Crippen LogP contribution in [0.3, 0.4) is 0 Å². The van der Waals surface area contributed by atoms with Gasteiger partial charge in [0.1, 0.15) is 5.82 Å². The van der Waals surface area contributed by atoms with Gasteiger partial charge < -0.3 is 10.1 Å². The normalized spacial score (nSPS) is 14.8. The molecule has 4 heteroatoms. The number of ether oxygens (including phenoxy) is 1. The van der Waals surface area contributed by atoms with Gasteiger partial charge >= 0.3 is 0 Å². The zero-order valence-electron chi connectivity index (χ0n) is 11.6. The molecule has 2 unspecified atom stereocenters. The molecule has 1 aromatic heterocycles. The average Bonchev–Trinajstić information content (AvgIpc) is 2.34. The molecule has 0 amide bonds. The van der Waals surface area contributed by atoms with E-state index in [1.165, 1.54) is 6.20 Å². The monoisotopic (exact) mass is 254 g/mol. The molecule has 0 radical (unpaired) electrons. The van der Waals surface area contributed by atoms with E-state index in [1.54, 1.807) is 12.3 Å². The van der Waals surface area contributed by atoms with Gasteiger partial charge in [-0.25, -0.2) is 4.39 Å². The second-order valence-corrected chi connectivity index (χ2v) is 4.60. The molecule has 0 saturated heterocycles. The van der Waals surface area contributed by atoms with Crippen LogP contribution in [0.5, 0.6) is 0 Å². The number of rotatable bonds is 7. The SMILES string of the molecule is CCNC(c1ccncc1F)C(OCC)C(C)C. The Hall–Kier alpha value is -1.00. The van der Waals surface area contributed by atoms with Gasteiger partial charge in [0.15, 0.2) is 0 Å². The van der Waals surface area contributed by atoms with Crippen LogP contribution in [0.25, 0.3) is 0 Å². The van der Waals surface area contributed by atoms with Crippen molar-refractivity contribution in [1.29, 1.82) is 0 Å². The fraction of sp³-hybridized carbons (Fsp3) is 0.643. The lowest BCUT2D eigenvalue weighted by Gasteiger charge is -2.31. The van der Waals surface area contributed by atoms with E-state index >= 15 is 0 Å². The summed E-state index contributed by atoms with van der Waals surface area (Å²) in [6, 6.07) is 1.58. The Labute approximate surface area is 109 Å². The number of pyridine rings is 1. The van der Waals surface area contributed by atoms with E-state index in [9.17, 15) is 4.39 Å². The lowest BCUT2D eigenvalue weighted by Crippen LogP contribution is -2.37. The van der Waals surface area contributed by atoms with Crippen molar-refractivity contribution in [3.05, 3.63) is 29.8 Å². The summed E-state index contributed by atoms with van der Waals surface area (Å²) >= 11 is 0. The van der Waals surface area contributed by atoms with E-state index in [-0.39, 0.29) is 18.0 Å². The quantitative estimate of drug-likeness (QED) is 0.812. The zero-order valence-corrected chi connectivity index (χ0v) is 11.6. The number of likely N-dealkylation sites (N-methyl/N-ethyl adjacent to an activating group) is 1. The molecule has 18 heavy (non-hydrogen) atoms. The highest BCUT2D eigenvalue weighted by Gasteiger charge is 2.27. The minimum Gasteiger partial charge on any atom is -0.376 e. The third-order valence-corrected chi connectivity index (χ3v) is 2.91. The van der Waals surface area contributed by atoms with Gasteiger partial charge in [-0.15, -0.1) is 0 Å². The van der Waals surface area contributed by atoms with Crippen molar-refractivity contribution in [2.75, 3.05) is 13.2 Å². The molecule has 0 saturated carbocycles. The fourth-order valence-electron chi connectivity index (χ4n) is 2.13. The maximum atomic E-state index is 13.9. The summed E-state index contributed by atoms with van der Waals surface area (Å²) in [6.07, 6.45) is 2.82. The molecule has 0 fully saturated rings. The fourth-order valence-corrected chi connectivity index (χ4v) is 2.13. The molecule has 1 N–H and O–H groups in total. The number of halogens is 1. The van der Waals surface area contributed by atoms with Crippen LogP contribution in [0.15, 0.2) is 18.5 Å². The molecule has 0 spiro atoms. The number of hydrogen-bond donors (Lipinski definition) is 1. The van der Waals surface area contributed by atoms with Crippen LogP contribution in [0, 0.1) is 11.7 Å². The van der Waals surface area contributed by atoms with E-state index in [0.29, 0.717) is 18.1 Å². The van der Waals surface area contributed by atoms with Gasteiger partial charge in [0.2, 0.25) is 0 Å². The maximum Gasteiger partial charge on any atom is 0.146 e. The van der Waals surface area contributed by atoms with Crippen molar-refractivity contribution in [3.63, 3.8) is 0 Å². The first-order valence-corrected chi connectivity index (χ1v) is 6.56. The third kappa shape index (κ3) is 3.75. The van der Waals surface area contributed by atoms with Crippen molar-refractivity contribution in [2.45, 2.75) is 39.8 Å². The molecule has 102 valence electrons. The van der Waals surface area contributed by atoms with Crippen molar-refractivity contribution in [2.24, 2.45) is 5.92 Å². The maximum absolute atomic E-state index is 13.9. The van der Waals surface area contributed by atoms with Gasteiger partial charge in [0.05, 0.1) is 18.3 Å². The molecule has 1 heterocycles. The van der Waals surface area contributed by atoms with E-state index in [1.807, 2.05) is 13.8 Å². The second kappa shape index (κ2) is 7.44. The number of hydrogen-bond acceptors (Lipinski definition) is 3. The van der Waals surface area contributed by atoms with E-state index < -0.39 is 0 Å². The van der Waals surface area contributed by atoms with Crippen molar-refractivity contribution in [3.8, 4) is 0 Å². The Morgan fingerprint density at radius 2 is 2.11 bits per heavy atom. The molecular weight excluding hydrogens is 231 g/mol. The van der Waals surface area contributed by atoms with Crippen LogP contribution in [0.2, 0.25) is 0 Å². The zero-order chi connectivity index (χ0) is 13.5. The standard InChI is InChI=1S/C14H23FN2O/c1-5-17-13(14(10(3)4)18-6-2)11-7-8-16-9-12(11)15/h7-10,13-14,17H,5-6H2,1-4H3. The van der Waals surface area contributed by atoms with Gasteiger partial charge in [0.25, 0.3) is 0 Å². The molecule has 0 aliphatic carbocycles. The lowest BCUT2D eigenvalue weighted by atomic mass is 9.93. The molecule has 0 bridgehead atoms. The van der Waals surface area contributed by atoms with E-state index in [4.69, 9.17) is 4.74 Å². The molecular formula is C14H23FN2O. The molecule has 0 aliphatic rings. The Morgan fingerprint density at radius 1 is 1.39 bits per heavy atom. The van der Waals surface area contributed by atoms with E-state index in [0.717, 1.165) is 6.54 Å². The van der Waals surface area contributed by atoms with Crippen LogP contribution in [0.4, 0.5) is 4.39 Å². The smallest absolute Gasteiger partial charge is 0.146 e. The van der Waals surface area contributed by atoms with Gasteiger partial charge in [-0.2, -0.15) is 0 Å². The van der Waals surface area contributed by atoms with Crippen LogP contribution in [-0.4, -0.2) is 24.2 Å².